The van der Waals surface area contributed by atoms with Crippen molar-refractivity contribution in [2.45, 2.75) is 53.4 Å². The van der Waals surface area contributed by atoms with E-state index < -0.39 is 0 Å². The predicted octanol–water partition coefficient (Wildman–Crippen LogP) is 5.23. The summed E-state index contributed by atoms with van der Waals surface area (Å²) in [6.07, 6.45) is 3.76. The van der Waals surface area contributed by atoms with Crippen LogP contribution in [0.4, 0.5) is 0 Å². The first kappa shape index (κ1) is 16.0. The molecule has 0 amide bonds. The van der Waals surface area contributed by atoms with E-state index in [0.717, 1.165) is 36.1 Å². The zero-order valence-corrected chi connectivity index (χ0v) is 14.3. The van der Waals surface area contributed by atoms with Crippen LogP contribution >= 0.6 is 11.3 Å². The lowest BCUT2D eigenvalue weighted by Crippen LogP contribution is -2.10. The van der Waals surface area contributed by atoms with Gasteiger partial charge in [-0.15, -0.1) is 11.3 Å². The molecule has 2 rings (SSSR count). The van der Waals surface area contributed by atoms with E-state index in [-0.39, 0.29) is 5.78 Å². The minimum absolute atomic E-state index is 0.221. The average Bonchev–Trinajstić information content (AvgIpc) is 3.01. The van der Waals surface area contributed by atoms with E-state index in [9.17, 15) is 4.79 Å². The molecule has 2 heteroatoms. The van der Waals surface area contributed by atoms with Crippen LogP contribution in [0.2, 0.25) is 0 Å². The van der Waals surface area contributed by atoms with Gasteiger partial charge < -0.3 is 0 Å². The first-order valence-corrected chi connectivity index (χ1v) is 8.79. The Morgan fingerprint density at radius 2 is 1.48 bits per heavy atom. The lowest BCUT2D eigenvalue weighted by Gasteiger charge is -2.14. The maximum Gasteiger partial charge on any atom is 0.203 e. The Kier molecular flexibility index (Phi) is 5.35. The Labute approximate surface area is 132 Å². The van der Waals surface area contributed by atoms with Gasteiger partial charge in [0.15, 0.2) is 0 Å². The second-order valence-electron chi connectivity index (χ2n) is 5.31. The van der Waals surface area contributed by atoms with E-state index in [0.29, 0.717) is 0 Å². The molecule has 0 fully saturated rings. The summed E-state index contributed by atoms with van der Waals surface area (Å²) in [6, 6.07) is 6.51. The third-order valence-corrected chi connectivity index (χ3v) is 5.05. The third kappa shape index (κ3) is 3.11. The molecule has 0 saturated heterocycles. The van der Waals surface area contributed by atoms with Gasteiger partial charge in [0.25, 0.3) is 0 Å². The molecule has 2 aromatic rings. The van der Waals surface area contributed by atoms with E-state index in [1.807, 2.05) is 5.38 Å². The minimum Gasteiger partial charge on any atom is -0.288 e. The van der Waals surface area contributed by atoms with Crippen molar-refractivity contribution in [3.63, 3.8) is 0 Å². The first-order chi connectivity index (χ1) is 10.2. The summed E-state index contributed by atoms with van der Waals surface area (Å²) >= 11 is 1.58. The molecule has 1 aromatic carbocycles. The molecule has 0 atom stereocenters. The molecule has 1 aromatic heterocycles. The number of thiophene rings is 1. The maximum absolute atomic E-state index is 13.1. The normalized spacial score (nSPS) is 10.9. The molecule has 0 radical (unpaired) electrons. The summed E-state index contributed by atoms with van der Waals surface area (Å²) in [7, 11) is 0. The summed E-state index contributed by atoms with van der Waals surface area (Å²) in [5, 5.41) is 2.03. The lowest BCUT2D eigenvalue weighted by atomic mass is 9.90. The van der Waals surface area contributed by atoms with Gasteiger partial charge >= 0.3 is 0 Å². The molecule has 1 heterocycles. The molecular formula is C19H24OS. The smallest absolute Gasteiger partial charge is 0.203 e. The summed E-state index contributed by atoms with van der Waals surface area (Å²) in [5.74, 6) is 0.221. The highest BCUT2D eigenvalue weighted by Gasteiger charge is 2.20. The first-order valence-electron chi connectivity index (χ1n) is 7.91. The van der Waals surface area contributed by atoms with Gasteiger partial charge in [0.05, 0.1) is 4.88 Å². The zero-order valence-electron chi connectivity index (χ0n) is 13.5. The van der Waals surface area contributed by atoms with Crippen LogP contribution in [0.15, 0.2) is 23.6 Å². The standard InChI is InChI=1S/C19H24OS/c1-5-13-11-15(7-3)17(16(8-4)12-13)18(20)19-14(6-2)9-10-21-19/h9-12H,5-8H2,1-4H3. The molecule has 0 N–H and O–H groups in total. The highest BCUT2D eigenvalue weighted by atomic mass is 32.1. The molecule has 0 aliphatic carbocycles. The van der Waals surface area contributed by atoms with Crippen molar-refractivity contribution in [1.82, 2.24) is 0 Å². The van der Waals surface area contributed by atoms with Crippen molar-refractivity contribution in [2.75, 3.05) is 0 Å². The van der Waals surface area contributed by atoms with E-state index >= 15 is 0 Å². The highest BCUT2D eigenvalue weighted by molar-refractivity contribution is 7.12. The largest absolute Gasteiger partial charge is 0.288 e. The van der Waals surface area contributed by atoms with Gasteiger partial charge in [-0.3, -0.25) is 4.79 Å². The van der Waals surface area contributed by atoms with Crippen LogP contribution in [0.25, 0.3) is 0 Å². The van der Waals surface area contributed by atoms with E-state index in [1.165, 1.54) is 22.3 Å². The Morgan fingerprint density at radius 3 is 1.95 bits per heavy atom. The molecule has 0 aliphatic rings. The maximum atomic E-state index is 13.1. The second-order valence-corrected chi connectivity index (χ2v) is 6.22. The fourth-order valence-electron chi connectivity index (χ4n) is 2.82. The topological polar surface area (TPSA) is 17.1 Å². The van der Waals surface area contributed by atoms with Crippen molar-refractivity contribution < 1.29 is 4.79 Å². The number of carbonyl (C=O) groups excluding carboxylic acids is 1. The van der Waals surface area contributed by atoms with Gasteiger partial charge in [-0.2, -0.15) is 0 Å². The summed E-state index contributed by atoms with van der Waals surface area (Å²) < 4.78 is 0. The predicted molar refractivity (Wildman–Crippen MR) is 91.7 cm³/mol. The number of aryl methyl sites for hydroxylation is 4. The Hall–Kier alpha value is -1.41. The Bertz CT molecular complexity index is 612. The van der Waals surface area contributed by atoms with Gasteiger partial charge in [-0.1, -0.05) is 39.8 Å². The van der Waals surface area contributed by atoms with E-state index in [2.05, 4.69) is 45.9 Å². The number of rotatable bonds is 6. The van der Waals surface area contributed by atoms with Crippen molar-refractivity contribution in [3.05, 3.63) is 56.3 Å². The van der Waals surface area contributed by atoms with Crippen LogP contribution in [0.1, 0.15) is 65.2 Å². The summed E-state index contributed by atoms with van der Waals surface area (Å²) in [4.78, 5) is 14.0. The average molecular weight is 300 g/mol. The molecule has 0 saturated carbocycles. The molecular weight excluding hydrogens is 276 g/mol. The van der Waals surface area contributed by atoms with Crippen molar-refractivity contribution in [1.29, 1.82) is 0 Å². The number of hydrogen-bond donors (Lipinski definition) is 0. The SMILES string of the molecule is CCc1cc(CC)c(C(=O)c2sccc2CC)c(CC)c1. The van der Waals surface area contributed by atoms with Crippen LogP contribution in [-0.4, -0.2) is 5.78 Å². The van der Waals surface area contributed by atoms with E-state index in [1.54, 1.807) is 11.3 Å². The second kappa shape index (κ2) is 7.04. The van der Waals surface area contributed by atoms with E-state index in [4.69, 9.17) is 0 Å². The van der Waals surface area contributed by atoms with Crippen LogP contribution in [-0.2, 0) is 25.7 Å². The summed E-state index contributed by atoms with van der Waals surface area (Å²) in [5.41, 5.74) is 5.86. The van der Waals surface area contributed by atoms with Crippen LogP contribution in [0, 0.1) is 0 Å². The minimum atomic E-state index is 0.221. The molecule has 1 nitrogen and oxygen atoms in total. The van der Waals surface area contributed by atoms with Gasteiger partial charge in [-0.25, -0.2) is 0 Å². The quantitative estimate of drug-likeness (QED) is 0.668. The number of ketones is 1. The molecule has 21 heavy (non-hydrogen) atoms. The monoisotopic (exact) mass is 300 g/mol. The van der Waals surface area contributed by atoms with Crippen molar-refractivity contribution in [3.8, 4) is 0 Å². The fraction of sp³-hybridized carbons (Fsp3) is 0.421. The van der Waals surface area contributed by atoms with Crippen LogP contribution < -0.4 is 0 Å². The van der Waals surface area contributed by atoms with Crippen LogP contribution in [0.3, 0.4) is 0 Å². The number of benzene rings is 1. The van der Waals surface area contributed by atoms with Crippen molar-refractivity contribution >= 4 is 17.1 Å². The molecule has 0 spiro atoms. The third-order valence-electron chi connectivity index (χ3n) is 4.09. The molecule has 0 aliphatic heterocycles. The number of hydrogen-bond acceptors (Lipinski definition) is 2. The van der Waals surface area contributed by atoms with Gasteiger partial charge in [-0.05, 0) is 59.4 Å². The summed E-state index contributed by atoms with van der Waals surface area (Å²) in [6.45, 7) is 8.56. The lowest BCUT2D eigenvalue weighted by molar-refractivity contribution is 0.104. The molecule has 112 valence electrons. The highest BCUT2D eigenvalue weighted by Crippen LogP contribution is 2.27. The number of carbonyl (C=O) groups is 1. The van der Waals surface area contributed by atoms with Gasteiger partial charge in [0, 0.05) is 5.56 Å². The molecule has 0 bridgehead atoms. The Morgan fingerprint density at radius 1 is 0.905 bits per heavy atom. The van der Waals surface area contributed by atoms with Gasteiger partial charge in [0.1, 0.15) is 0 Å². The Balaban J connectivity index is 2.59. The fourth-order valence-corrected chi connectivity index (χ4v) is 3.76. The zero-order chi connectivity index (χ0) is 15.4. The molecule has 0 unspecified atom stereocenters. The van der Waals surface area contributed by atoms with Crippen molar-refractivity contribution in [2.24, 2.45) is 0 Å². The van der Waals surface area contributed by atoms with Gasteiger partial charge in [0.2, 0.25) is 5.78 Å². The van der Waals surface area contributed by atoms with Crippen LogP contribution in [0.5, 0.6) is 0 Å².